The molecule has 1 N–H and O–H groups in total. The minimum Gasteiger partial charge on any atom is -0.311 e. The highest BCUT2D eigenvalue weighted by Crippen LogP contribution is 2.36. The van der Waals surface area contributed by atoms with Crippen LogP contribution in [0.4, 0.5) is 0 Å². The van der Waals surface area contributed by atoms with Crippen molar-refractivity contribution in [3.63, 3.8) is 0 Å². The Balaban J connectivity index is 1.69. The summed E-state index contributed by atoms with van der Waals surface area (Å²) in [5, 5.41) is 6.07. The molecule has 1 atom stereocenters. The maximum atomic E-state index is 3.86. The van der Waals surface area contributed by atoms with Crippen LogP contribution in [-0.4, -0.2) is 36.1 Å². The molecule has 2 aliphatic rings. The van der Waals surface area contributed by atoms with Gasteiger partial charge in [0.25, 0.3) is 0 Å². The van der Waals surface area contributed by atoms with Gasteiger partial charge >= 0.3 is 0 Å². The Kier molecular flexibility index (Phi) is 5.03. The van der Waals surface area contributed by atoms with Gasteiger partial charge in [0, 0.05) is 36.1 Å². The lowest BCUT2D eigenvalue weighted by atomic mass is 9.77. The second kappa shape index (κ2) is 6.80. The Hall–Kier alpha value is -0.380. The first kappa shape index (κ1) is 15.5. The third kappa shape index (κ3) is 3.52. The van der Waals surface area contributed by atoms with E-state index in [2.05, 4.69) is 41.6 Å². The Labute approximate surface area is 133 Å². The van der Waals surface area contributed by atoms with Crippen molar-refractivity contribution in [2.45, 2.75) is 64.0 Å². The average molecular weight is 307 g/mol. The van der Waals surface area contributed by atoms with E-state index < -0.39 is 0 Å². The van der Waals surface area contributed by atoms with Gasteiger partial charge in [-0.2, -0.15) is 0 Å². The molecule has 3 rings (SSSR count). The first-order valence-corrected chi connectivity index (χ1v) is 9.58. The van der Waals surface area contributed by atoms with E-state index in [0.29, 0.717) is 11.6 Å². The molecule has 0 aromatic carbocycles. The van der Waals surface area contributed by atoms with Crippen molar-refractivity contribution in [2.75, 3.05) is 19.6 Å². The molecule has 21 heavy (non-hydrogen) atoms. The van der Waals surface area contributed by atoms with Gasteiger partial charge in [0.05, 0.1) is 0 Å². The maximum absolute atomic E-state index is 3.86. The summed E-state index contributed by atoms with van der Waals surface area (Å²) in [4.78, 5) is 4.40. The molecule has 1 spiro atoms. The normalized spacial score (nSPS) is 26.5. The van der Waals surface area contributed by atoms with Crippen LogP contribution in [0.1, 0.15) is 50.8 Å². The number of nitrogens with zero attached hydrogens (tertiary/aromatic N) is 1. The molecule has 3 heteroatoms. The lowest BCUT2D eigenvalue weighted by Gasteiger charge is -2.53. The van der Waals surface area contributed by atoms with E-state index >= 15 is 0 Å². The van der Waals surface area contributed by atoms with E-state index in [1.807, 2.05) is 11.3 Å². The molecular formula is C18H30N2S. The van der Waals surface area contributed by atoms with Gasteiger partial charge in [-0.3, -0.25) is 4.90 Å². The Morgan fingerprint density at radius 1 is 1.33 bits per heavy atom. The van der Waals surface area contributed by atoms with Crippen LogP contribution in [0.2, 0.25) is 0 Å². The fourth-order valence-corrected chi connectivity index (χ4v) is 4.80. The predicted molar refractivity (Wildman–Crippen MR) is 92.0 cm³/mol. The fraction of sp³-hybridized carbons (Fsp3) is 0.778. The second-order valence-corrected chi connectivity index (χ2v) is 8.32. The highest BCUT2D eigenvalue weighted by molar-refractivity contribution is 7.09. The molecule has 0 amide bonds. The van der Waals surface area contributed by atoms with Crippen molar-refractivity contribution < 1.29 is 0 Å². The van der Waals surface area contributed by atoms with Crippen molar-refractivity contribution >= 4 is 11.3 Å². The molecule has 2 heterocycles. The molecule has 0 radical (unpaired) electrons. The van der Waals surface area contributed by atoms with Crippen molar-refractivity contribution in [3.8, 4) is 0 Å². The molecule has 1 aromatic heterocycles. The molecule has 1 aliphatic carbocycles. The van der Waals surface area contributed by atoms with Crippen molar-refractivity contribution in [1.82, 2.24) is 10.2 Å². The fourth-order valence-electron chi connectivity index (χ4n) is 4.11. The number of thiophene rings is 1. The summed E-state index contributed by atoms with van der Waals surface area (Å²) < 4.78 is 0. The molecular weight excluding hydrogens is 276 g/mol. The molecule has 2 nitrogen and oxygen atoms in total. The summed E-state index contributed by atoms with van der Waals surface area (Å²) in [6, 6.07) is 5.15. The zero-order valence-corrected chi connectivity index (χ0v) is 14.4. The quantitative estimate of drug-likeness (QED) is 0.907. The average Bonchev–Trinajstić information content (AvgIpc) is 3.00. The third-order valence-electron chi connectivity index (χ3n) is 5.58. The summed E-state index contributed by atoms with van der Waals surface area (Å²) in [5.74, 6) is 0.732. The SMILES string of the molecule is CC(C)C1CN(CCc2cccs2)C2(CCCCC2)CN1. The third-order valence-corrected chi connectivity index (χ3v) is 6.51. The van der Waals surface area contributed by atoms with Crippen LogP contribution in [-0.2, 0) is 6.42 Å². The second-order valence-electron chi connectivity index (χ2n) is 7.29. The van der Waals surface area contributed by atoms with Gasteiger partial charge < -0.3 is 5.32 Å². The number of rotatable bonds is 4. The van der Waals surface area contributed by atoms with Crippen LogP contribution in [0.25, 0.3) is 0 Å². The summed E-state index contributed by atoms with van der Waals surface area (Å²) >= 11 is 1.91. The Morgan fingerprint density at radius 3 is 2.81 bits per heavy atom. The number of piperazine rings is 1. The number of hydrogen-bond acceptors (Lipinski definition) is 3. The molecule has 1 saturated carbocycles. The Morgan fingerprint density at radius 2 is 2.14 bits per heavy atom. The van der Waals surface area contributed by atoms with E-state index in [9.17, 15) is 0 Å². The van der Waals surface area contributed by atoms with Crippen LogP contribution in [0, 0.1) is 5.92 Å². The van der Waals surface area contributed by atoms with Crippen LogP contribution >= 0.6 is 11.3 Å². The van der Waals surface area contributed by atoms with Crippen LogP contribution in [0.15, 0.2) is 17.5 Å². The largest absolute Gasteiger partial charge is 0.311 e. The van der Waals surface area contributed by atoms with Crippen molar-refractivity contribution in [3.05, 3.63) is 22.4 Å². The van der Waals surface area contributed by atoms with Gasteiger partial charge in [-0.1, -0.05) is 39.2 Å². The minimum absolute atomic E-state index is 0.459. The maximum Gasteiger partial charge on any atom is 0.0334 e. The van der Waals surface area contributed by atoms with E-state index in [4.69, 9.17) is 0 Å². The highest BCUT2D eigenvalue weighted by atomic mass is 32.1. The lowest BCUT2D eigenvalue weighted by molar-refractivity contribution is 0.00318. The van der Waals surface area contributed by atoms with Crippen LogP contribution < -0.4 is 5.32 Å². The van der Waals surface area contributed by atoms with Crippen molar-refractivity contribution in [2.24, 2.45) is 5.92 Å². The topological polar surface area (TPSA) is 15.3 Å². The van der Waals surface area contributed by atoms with E-state index in [1.54, 1.807) is 4.88 Å². The molecule has 2 fully saturated rings. The smallest absolute Gasteiger partial charge is 0.0334 e. The van der Waals surface area contributed by atoms with Gasteiger partial charge in [0.15, 0.2) is 0 Å². The van der Waals surface area contributed by atoms with E-state index in [-0.39, 0.29) is 0 Å². The number of nitrogens with one attached hydrogen (secondary N) is 1. The molecule has 1 saturated heterocycles. The zero-order valence-electron chi connectivity index (χ0n) is 13.6. The van der Waals surface area contributed by atoms with E-state index in [1.165, 1.54) is 58.2 Å². The molecule has 1 aromatic rings. The molecule has 1 aliphatic heterocycles. The first-order chi connectivity index (χ1) is 10.2. The van der Waals surface area contributed by atoms with Crippen molar-refractivity contribution in [1.29, 1.82) is 0 Å². The predicted octanol–water partition coefficient (Wildman–Crippen LogP) is 3.92. The van der Waals surface area contributed by atoms with Crippen LogP contribution in [0.5, 0.6) is 0 Å². The van der Waals surface area contributed by atoms with Gasteiger partial charge in [0.1, 0.15) is 0 Å². The Bertz CT molecular complexity index is 420. The summed E-state index contributed by atoms with van der Waals surface area (Å²) in [6.45, 7) is 8.40. The molecule has 1 unspecified atom stereocenters. The zero-order chi connectivity index (χ0) is 14.7. The minimum atomic E-state index is 0.459. The van der Waals surface area contributed by atoms with Gasteiger partial charge in [-0.15, -0.1) is 11.3 Å². The lowest BCUT2D eigenvalue weighted by Crippen LogP contribution is -2.66. The monoisotopic (exact) mass is 306 g/mol. The van der Waals surface area contributed by atoms with Crippen LogP contribution in [0.3, 0.4) is 0 Å². The van der Waals surface area contributed by atoms with E-state index in [0.717, 1.165) is 5.92 Å². The standard InChI is InChI=1S/C18H30N2S/c1-15(2)17-13-20(11-8-16-7-6-12-21-16)18(14-19-17)9-4-3-5-10-18/h6-7,12,15,17,19H,3-5,8-11,13-14H2,1-2H3. The molecule has 0 bridgehead atoms. The summed E-state index contributed by atoms with van der Waals surface area (Å²) in [6.07, 6.45) is 8.30. The summed E-state index contributed by atoms with van der Waals surface area (Å²) in [5.41, 5.74) is 0.459. The first-order valence-electron chi connectivity index (χ1n) is 8.70. The summed E-state index contributed by atoms with van der Waals surface area (Å²) in [7, 11) is 0. The van der Waals surface area contributed by atoms with Gasteiger partial charge in [-0.25, -0.2) is 0 Å². The number of hydrogen-bond donors (Lipinski definition) is 1. The molecule has 118 valence electrons. The van der Waals surface area contributed by atoms with Gasteiger partial charge in [-0.05, 0) is 36.6 Å². The van der Waals surface area contributed by atoms with Gasteiger partial charge in [0.2, 0.25) is 0 Å². The highest BCUT2D eigenvalue weighted by Gasteiger charge is 2.42.